The Hall–Kier alpha value is -3.18. The molecule has 2 heterocycles. The van der Waals surface area contributed by atoms with Crippen molar-refractivity contribution in [1.82, 2.24) is 9.80 Å². The van der Waals surface area contributed by atoms with E-state index in [-0.39, 0.29) is 11.3 Å². The highest BCUT2D eigenvalue weighted by Crippen LogP contribution is 2.40. The number of hydrogen-bond acceptors (Lipinski definition) is 5. The highest BCUT2D eigenvalue weighted by Gasteiger charge is 2.39. The van der Waals surface area contributed by atoms with Crippen molar-refractivity contribution in [3.8, 4) is 0 Å². The van der Waals surface area contributed by atoms with Gasteiger partial charge >= 0.3 is 0 Å². The van der Waals surface area contributed by atoms with Crippen LogP contribution in [0.4, 0.5) is 0 Å². The lowest BCUT2D eigenvalue weighted by Gasteiger charge is -2.48. The lowest BCUT2D eigenvalue weighted by Crippen LogP contribution is -2.60. The van der Waals surface area contributed by atoms with Crippen LogP contribution in [0.25, 0.3) is 11.1 Å². The summed E-state index contributed by atoms with van der Waals surface area (Å²) in [5.74, 6) is 0.888. The van der Waals surface area contributed by atoms with Gasteiger partial charge in [-0.15, -0.1) is 9.24 Å². The summed E-state index contributed by atoms with van der Waals surface area (Å²) in [5, 5.41) is 8.59. The average molecular weight is 653 g/mol. The molecule has 0 radical (unpaired) electrons. The Balaban J connectivity index is 0.00000345. The second-order valence-corrected chi connectivity index (χ2v) is 13.8. The number of rotatable bonds is 9. The molecule has 1 aliphatic rings. The summed E-state index contributed by atoms with van der Waals surface area (Å²) >= 11 is 6.24. The van der Waals surface area contributed by atoms with Crippen LogP contribution in [0.2, 0.25) is 5.02 Å². The smallest absolute Gasteiger partial charge is 0.290 e. The molecule has 3 rings (SSSR count). The fourth-order valence-electron chi connectivity index (χ4n) is 5.44. The Labute approximate surface area is 277 Å². The fraction of sp³-hybridized carbons (Fsp3) is 0.405. The molecule has 1 atom stereocenters. The molecule has 1 aromatic carbocycles. The molecule has 1 aromatic heterocycles. The van der Waals surface area contributed by atoms with Crippen molar-refractivity contribution in [3.05, 3.63) is 100 Å². The number of aryl methyl sites for hydroxylation is 1. The molecule has 0 saturated carbocycles. The predicted octanol–water partition coefficient (Wildman–Crippen LogP) is 7.89. The van der Waals surface area contributed by atoms with Crippen LogP contribution < -0.4 is 5.30 Å². The van der Waals surface area contributed by atoms with E-state index in [1.807, 2.05) is 69.0 Å². The van der Waals surface area contributed by atoms with Gasteiger partial charge in [0.1, 0.15) is 5.76 Å². The van der Waals surface area contributed by atoms with E-state index < -0.39 is 5.54 Å². The Kier molecular flexibility index (Phi) is 13.4. The van der Waals surface area contributed by atoms with Crippen molar-refractivity contribution in [2.24, 2.45) is 5.41 Å². The lowest BCUT2D eigenvalue weighted by molar-refractivity contribution is -0.105. The van der Waals surface area contributed by atoms with E-state index in [9.17, 15) is 9.59 Å². The van der Waals surface area contributed by atoms with Gasteiger partial charge in [-0.05, 0) is 91.4 Å². The van der Waals surface area contributed by atoms with Crippen LogP contribution in [0.1, 0.15) is 82.8 Å². The molecule has 1 amide bonds. The number of aliphatic hydroxyl groups is 1. The van der Waals surface area contributed by atoms with E-state index in [4.69, 9.17) is 21.1 Å². The zero-order chi connectivity index (χ0) is 34.3. The zero-order valence-electron chi connectivity index (χ0n) is 28.4. The number of nitrogens with zero attached hydrogens (tertiary/aromatic N) is 2. The number of amides is 1. The van der Waals surface area contributed by atoms with Crippen molar-refractivity contribution in [3.63, 3.8) is 0 Å². The SMILES string of the molecule is C=C(/C=C(\c1oc(C(=O)N2CCN(C(=C)/C(C=O)=C(C)\C=C/C)CC2(C)C)cc1CC)C(C)(C)C)c1ccc(Cl)c(P)c1.CO. The van der Waals surface area contributed by atoms with Crippen LogP contribution in [0.5, 0.6) is 0 Å². The number of aldehydes is 1. The van der Waals surface area contributed by atoms with Crippen molar-refractivity contribution in [2.45, 2.75) is 67.3 Å². The largest absolute Gasteiger partial charge is 0.451 e. The molecule has 6 nitrogen and oxygen atoms in total. The van der Waals surface area contributed by atoms with Crippen LogP contribution >= 0.6 is 20.8 Å². The van der Waals surface area contributed by atoms with E-state index in [1.165, 1.54) is 0 Å². The maximum atomic E-state index is 14.0. The topological polar surface area (TPSA) is 74.0 Å². The van der Waals surface area contributed by atoms with Gasteiger partial charge < -0.3 is 19.3 Å². The standard InChI is InChI=1S/C36H46ClN2O3P.CH4O/c1-11-13-23(3)28(21-40)25(5)38-16-17-39(36(9,10)22-38)34(41)31-19-26(12-2)33(42-31)29(35(6,7)8)18-24(4)27-14-15-30(37)32(43)20-27;1-2/h11,13-15,18-21H,4-5,12,16-17,22,43H2,1-3,6-10H3;2H,1H3/b13-11-,28-23-,29-18+;. The molecule has 0 aliphatic carbocycles. The van der Waals surface area contributed by atoms with Gasteiger partial charge in [0.05, 0.1) is 5.54 Å². The number of piperazine rings is 1. The highest BCUT2D eigenvalue weighted by atomic mass is 35.5. The Bertz CT molecular complexity index is 1520. The van der Waals surface area contributed by atoms with Crippen molar-refractivity contribution >= 4 is 49.5 Å². The maximum Gasteiger partial charge on any atom is 0.290 e. The van der Waals surface area contributed by atoms with E-state index in [0.29, 0.717) is 53.9 Å². The quantitative estimate of drug-likeness (QED) is 0.129. The first-order valence-corrected chi connectivity index (χ1v) is 16.1. The van der Waals surface area contributed by atoms with Crippen LogP contribution in [0.15, 0.2) is 76.9 Å². The Morgan fingerprint density at radius 1 is 1.18 bits per heavy atom. The summed E-state index contributed by atoms with van der Waals surface area (Å²) in [4.78, 5) is 29.9. The molecule has 2 aromatic rings. The molecule has 0 spiro atoms. The molecule has 244 valence electrons. The van der Waals surface area contributed by atoms with Gasteiger partial charge in [0.15, 0.2) is 12.0 Å². The van der Waals surface area contributed by atoms with Gasteiger partial charge in [-0.2, -0.15) is 0 Å². The van der Waals surface area contributed by atoms with Crippen LogP contribution in [-0.2, 0) is 11.2 Å². The van der Waals surface area contributed by atoms with E-state index in [0.717, 1.165) is 46.5 Å². The van der Waals surface area contributed by atoms with Gasteiger partial charge in [-0.1, -0.05) is 70.7 Å². The number of allylic oxidation sites excluding steroid dienone is 7. The summed E-state index contributed by atoms with van der Waals surface area (Å²) in [7, 11) is 3.66. The third-order valence-electron chi connectivity index (χ3n) is 7.94. The second-order valence-electron chi connectivity index (χ2n) is 12.7. The predicted molar refractivity (Wildman–Crippen MR) is 193 cm³/mol. The average Bonchev–Trinajstić information content (AvgIpc) is 3.41. The van der Waals surface area contributed by atoms with Gasteiger partial charge in [-0.3, -0.25) is 9.59 Å². The summed E-state index contributed by atoms with van der Waals surface area (Å²) < 4.78 is 6.45. The van der Waals surface area contributed by atoms with Crippen LogP contribution in [0.3, 0.4) is 0 Å². The van der Waals surface area contributed by atoms with Gasteiger partial charge in [-0.25, -0.2) is 0 Å². The summed E-state index contributed by atoms with van der Waals surface area (Å²) in [6, 6.07) is 7.71. The molecule has 0 bridgehead atoms. The minimum absolute atomic E-state index is 0.148. The number of furan rings is 1. The van der Waals surface area contributed by atoms with Gasteiger partial charge in [0.25, 0.3) is 5.91 Å². The molecule has 1 N–H and O–H groups in total. The maximum absolute atomic E-state index is 14.0. The number of aliphatic hydroxyl groups excluding tert-OH is 1. The van der Waals surface area contributed by atoms with Crippen molar-refractivity contribution in [2.75, 3.05) is 26.7 Å². The fourth-order valence-corrected chi connectivity index (χ4v) is 5.84. The summed E-state index contributed by atoms with van der Waals surface area (Å²) in [6.07, 6.45) is 7.45. The number of benzene rings is 1. The molecule has 8 heteroatoms. The Morgan fingerprint density at radius 2 is 1.82 bits per heavy atom. The van der Waals surface area contributed by atoms with Crippen LogP contribution in [-0.4, -0.2) is 59.4 Å². The highest BCUT2D eigenvalue weighted by molar-refractivity contribution is 7.28. The van der Waals surface area contributed by atoms with E-state index in [1.54, 1.807) is 0 Å². The third-order valence-corrected chi connectivity index (χ3v) is 8.94. The first-order valence-electron chi connectivity index (χ1n) is 15.1. The normalized spacial score (nSPS) is 15.8. The third kappa shape index (κ3) is 8.97. The first kappa shape index (κ1) is 38.0. The minimum atomic E-state index is -0.526. The van der Waals surface area contributed by atoms with Gasteiger partial charge in [0, 0.05) is 48.6 Å². The second kappa shape index (κ2) is 15.9. The molecule has 1 unspecified atom stereocenters. The molecule has 1 fully saturated rings. The van der Waals surface area contributed by atoms with Crippen LogP contribution in [0, 0.1) is 5.41 Å². The zero-order valence-corrected chi connectivity index (χ0v) is 30.3. The molecular formula is C37H50ClN2O4P. The Morgan fingerprint density at radius 3 is 2.33 bits per heavy atom. The molecule has 45 heavy (non-hydrogen) atoms. The number of carbonyl (C=O) groups excluding carboxylic acids is 2. The minimum Gasteiger partial charge on any atom is -0.451 e. The summed E-state index contributed by atoms with van der Waals surface area (Å²) in [6.45, 7) is 26.5. The van der Waals surface area contributed by atoms with Crippen molar-refractivity contribution < 1.29 is 19.1 Å². The monoisotopic (exact) mass is 652 g/mol. The molecule has 1 saturated heterocycles. The van der Waals surface area contributed by atoms with Gasteiger partial charge in [0.2, 0.25) is 0 Å². The lowest BCUT2D eigenvalue weighted by atomic mass is 9.82. The van der Waals surface area contributed by atoms with E-state index >= 15 is 0 Å². The number of hydrogen-bond donors (Lipinski definition) is 1. The molecular weight excluding hydrogens is 603 g/mol. The summed E-state index contributed by atoms with van der Waals surface area (Å²) in [5.41, 5.74) is 5.06. The number of carbonyl (C=O) groups is 2. The molecule has 1 aliphatic heterocycles. The van der Waals surface area contributed by atoms with Crippen molar-refractivity contribution in [1.29, 1.82) is 0 Å². The number of halogens is 1. The first-order chi connectivity index (χ1) is 21.0. The van der Waals surface area contributed by atoms with E-state index in [2.05, 4.69) is 61.1 Å².